The van der Waals surface area contributed by atoms with Crippen LogP contribution in [0.15, 0.2) is 18.2 Å². The largest absolute Gasteiger partial charge is 0.490 e. The van der Waals surface area contributed by atoms with Crippen molar-refractivity contribution in [3.63, 3.8) is 0 Å². The number of carbonyl (C=O) groups excluding carboxylic acids is 4. The van der Waals surface area contributed by atoms with Crippen molar-refractivity contribution in [2.24, 2.45) is 5.73 Å². The van der Waals surface area contributed by atoms with Gasteiger partial charge in [0.15, 0.2) is 0 Å². The summed E-state index contributed by atoms with van der Waals surface area (Å²) in [7, 11) is 0. The van der Waals surface area contributed by atoms with Crippen molar-refractivity contribution < 1.29 is 42.3 Å². The molecular formula is C21H25F3N4O6. The number of carbonyl (C=O) groups is 5. The van der Waals surface area contributed by atoms with Crippen LogP contribution in [-0.2, 0) is 20.9 Å². The van der Waals surface area contributed by atoms with E-state index in [-0.39, 0.29) is 29.7 Å². The van der Waals surface area contributed by atoms with E-state index in [1.165, 1.54) is 4.90 Å². The molecule has 0 saturated carbocycles. The van der Waals surface area contributed by atoms with Gasteiger partial charge in [0.05, 0.1) is 0 Å². The van der Waals surface area contributed by atoms with Crippen LogP contribution in [0.2, 0.25) is 0 Å². The predicted octanol–water partition coefficient (Wildman–Crippen LogP) is 0.938. The van der Waals surface area contributed by atoms with Crippen molar-refractivity contribution in [1.29, 1.82) is 0 Å². The highest BCUT2D eigenvalue weighted by Crippen LogP contribution is 2.28. The fourth-order valence-corrected chi connectivity index (χ4v) is 3.30. The molecule has 4 amide bonds. The lowest BCUT2D eigenvalue weighted by Crippen LogP contribution is -2.52. The number of rotatable bonds is 5. The van der Waals surface area contributed by atoms with E-state index in [9.17, 15) is 32.3 Å². The number of benzene rings is 1. The molecule has 0 radical (unpaired) electrons. The summed E-state index contributed by atoms with van der Waals surface area (Å²) >= 11 is 0. The van der Waals surface area contributed by atoms with E-state index in [2.05, 4.69) is 10.6 Å². The van der Waals surface area contributed by atoms with E-state index >= 15 is 0 Å². The second-order valence-corrected chi connectivity index (χ2v) is 8.57. The van der Waals surface area contributed by atoms with Gasteiger partial charge in [-0.2, -0.15) is 13.2 Å². The van der Waals surface area contributed by atoms with Gasteiger partial charge in [-0.05, 0) is 44.4 Å². The SMILES string of the molecule is CC(C)(N)CCNC(=O)c1ccc2c(c1)C(=O)N(C1CCC(=O)NC1=O)C2.O=C(O)C(F)(F)F. The van der Waals surface area contributed by atoms with Crippen LogP contribution in [0.3, 0.4) is 0 Å². The number of fused-ring (bicyclic) bond motifs is 1. The molecule has 13 heteroatoms. The molecular weight excluding hydrogens is 461 g/mol. The Kier molecular flexibility index (Phi) is 8.03. The lowest BCUT2D eigenvalue weighted by Gasteiger charge is -2.29. The minimum atomic E-state index is -5.08. The zero-order valence-electron chi connectivity index (χ0n) is 18.5. The maximum absolute atomic E-state index is 12.8. The molecule has 34 heavy (non-hydrogen) atoms. The number of nitrogens with one attached hydrogen (secondary N) is 2. The minimum absolute atomic E-state index is 0.210. The number of nitrogens with two attached hydrogens (primary N) is 1. The van der Waals surface area contributed by atoms with Gasteiger partial charge < -0.3 is 21.1 Å². The Balaban J connectivity index is 0.000000509. The molecule has 1 unspecified atom stereocenters. The molecule has 5 N–H and O–H groups in total. The Bertz CT molecular complexity index is 1000. The van der Waals surface area contributed by atoms with E-state index in [4.69, 9.17) is 15.6 Å². The molecule has 1 aromatic carbocycles. The molecule has 3 rings (SSSR count). The van der Waals surface area contributed by atoms with Crippen LogP contribution in [0.5, 0.6) is 0 Å². The Hall–Kier alpha value is -3.48. The quantitative estimate of drug-likeness (QED) is 0.451. The maximum atomic E-state index is 12.8. The number of hydrogen-bond donors (Lipinski definition) is 4. The monoisotopic (exact) mass is 486 g/mol. The molecule has 1 fully saturated rings. The van der Waals surface area contributed by atoms with Crippen LogP contribution in [0.25, 0.3) is 0 Å². The fraction of sp³-hybridized carbons (Fsp3) is 0.476. The number of carboxylic acid groups (broad SMARTS) is 1. The number of aliphatic carboxylic acids is 1. The van der Waals surface area contributed by atoms with Crippen LogP contribution >= 0.6 is 0 Å². The van der Waals surface area contributed by atoms with E-state index in [1.807, 2.05) is 13.8 Å². The fourth-order valence-electron chi connectivity index (χ4n) is 3.30. The zero-order valence-corrected chi connectivity index (χ0v) is 18.5. The topological polar surface area (TPSA) is 159 Å². The third-order valence-electron chi connectivity index (χ3n) is 5.09. The van der Waals surface area contributed by atoms with E-state index in [1.54, 1.807) is 18.2 Å². The number of alkyl halides is 3. The molecule has 0 spiro atoms. The van der Waals surface area contributed by atoms with Crippen LogP contribution < -0.4 is 16.4 Å². The molecule has 10 nitrogen and oxygen atoms in total. The van der Waals surface area contributed by atoms with Crippen molar-refractivity contribution in [3.8, 4) is 0 Å². The molecule has 2 heterocycles. The van der Waals surface area contributed by atoms with E-state index in [0.717, 1.165) is 5.56 Å². The second-order valence-electron chi connectivity index (χ2n) is 8.57. The summed E-state index contributed by atoms with van der Waals surface area (Å²) in [4.78, 5) is 58.8. The highest BCUT2D eigenvalue weighted by Gasteiger charge is 2.39. The summed E-state index contributed by atoms with van der Waals surface area (Å²) in [5.74, 6) is -4.09. The number of imide groups is 1. The molecule has 0 bridgehead atoms. The normalized spacial score (nSPS) is 18.0. The number of amides is 4. The molecule has 0 aliphatic carbocycles. The van der Waals surface area contributed by atoms with Gasteiger partial charge in [0.25, 0.3) is 11.8 Å². The molecule has 186 valence electrons. The van der Waals surface area contributed by atoms with Crippen LogP contribution in [-0.4, -0.2) is 63.9 Å². The second kappa shape index (κ2) is 10.2. The average molecular weight is 486 g/mol. The van der Waals surface area contributed by atoms with Crippen LogP contribution in [0.4, 0.5) is 13.2 Å². The van der Waals surface area contributed by atoms with Crippen LogP contribution in [0.1, 0.15) is 59.4 Å². The number of carboxylic acids is 1. The van der Waals surface area contributed by atoms with Gasteiger partial charge in [0.1, 0.15) is 6.04 Å². The van der Waals surface area contributed by atoms with Crippen molar-refractivity contribution >= 4 is 29.6 Å². The number of piperidine rings is 1. The van der Waals surface area contributed by atoms with Gasteiger partial charge in [-0.1, -0.05) is 6.07 Å². The zero-order chi connectivity index (χ0) is 25.8. The van der Waals surface area contributed by atoms with Crippen molar-refractivity contribution in [1.82, 2.24) is 15.5 Å². The van der Waals surface area contributed by atoms with Gasteiger partial charge in [0, 0.05) is 36.2 Å². The number of hydrogen-bond acceptors (Lipinski definition) is 6. The molecule has 1 aromatic rings. The van der Waals surface area contributed by atoms with Gasteiger partial charge >= 0.3 is 12.1 Å². The molecule has 2 aliphatic heterocycles. The van der Waals surface area contributed by atoms with E-state index < -0.39 is 24.1 Å². The molecule has 2 aliphatic rings. The Labute approximate surface area is 192 Å². The number of halogens is 3. The van der Waals surface area contributed by atoms with Gasteiger partial charge in [-0.15, -0.1) is 0 Å². The van der Waals surface area contributed by atoms with Crippen LogP contribution in [0, 0.1) is 0 Å². The highest BCUT2D eigenvalue weighted by molar-refractivity contribution is 6.06. The number of nitrogens with zero attached hydrogens (tertiary/aromatic N) is 1. The Morgan fingerprint density at radius 1 is 1.24 bits per heavy atom. The lowest BCUT2D eigenvalue weighted by atomic mass is 10.0. The summed E-state index contributed by atoms with van der Waals surface area (Å²) in [6, 6.07) is 4.31. The summed E-state index contributed by atoms with van der Waals surface area (Å²) in [5, 5.41) is 12.2. The Morgan fingerprint density at radius 3 is 2.38 bits per heavy atom. The summed E-state index contributed by atoms with van der Waals surface area (Å²) in [6.45, 7) is 4.51. The van der Waals surface area contributed by atoms with Crippen molar-refractivity contribution in [3.05, 3.63) is 34.9 Å². The lowest BCUT2D eigenvalue weighted by molar-refractivity contribution is -0.192. The average Bonchev–Trinajstić information content (AvgIpc) is 3.02. The van der Waals surface area contributed by atoms with Crippen molar-refractivity contribution in [2.45, 2.75) is 57.4 Å². The summed E-state index contributed by atoms with van der Waals surface area (Å²) < 4.78 is 31.7. The minimum Gasteiger partial charge on any atom is -0.475 e. The first-order chi connectivity index (χ1) is 15.6. The third-order valence-corrected chi connectivity index (χ3v) is 5.09. The van der Waals surface area contributed by atoms with Crippen molar-refractivity contribution in [2.75, 3.05) is 6.54 Å². The van der Waals surface area contributed by atoms with E-state index in [0.29, 0.717) is 37.1 Å². The molecule has 1 saturated heterocycles. The summed E-state index contributed by atoms with van der Waals surface area (Å²) in [5.41, 5.74) is 7.11. The third kappa shape index (κ3) is 7.01. The molecule has 1 atom stereocenters. The first-order valence-electron chi connectivity index (χ1n) is 10.2. The van der Waals surface area contributed by atoms with Gasteiger partial charge in [-0.3, -0.25) is 24.5 Å². The smallest absolute Gasteiger partial charge is 0.475 e. The van der Waals surface area contributed by atoms with Gasteiger partial charge in [0.2, 0.25) is 11.8 Å². The predicted molar refractivity (Wildman–Crippen MR) is 111 cm³/mol. The molecule has 0 aromatic heterocycles. The maximum Gasteiger partial charge on any atom is 0.490 e. The van der Waals surface area contributed by atoms with Gasteiger partial charge in [-0.25, -0.2) is 4.79 Å². The first-order valence-corrected chi connectivity index (χ1v) is 10.2. The Morgan fingerprint density at radius 2 is 1.85 bits per heavy atom. The summed E-state index contributed by atoms with van der Waals surface area (Å²) in [6.07, 6.45) is -3.93. The highest BCUT2D eigenvalue weighted by atomic mass is 19.4. The first kappa shape index (κ1) is 26.8. The standard InChI is InChI=1S/C19H24N4O4.C2HF3O2/c1-19(2,20)7-8-21-16(25)11-3-4-12-10-23(18(27)13(12)9-11)14-5-6-15(24)22-17(14)26;3-2(4,5)1(6)7/h3-4,9,14H,5-8,10,20H2,1-2H3,(H,21,25)(H,22,24,26);(H,6,7).